The number of rotatable bonds is 3. The predicted molar refractivity (Wildman–Crippen MR) is 84.5 cm³/mol. The van der Waals surface area contributed by atoms with Crippen LogP contribution in [0.5, 0.6) is 0 Å². The smallest absolute Gasteiger partial charge is 0.257 e. The zero-order chi connectivity index (χ0) is 16.4. The van der Waals surface area contributed by atoms with E-state index in [1.165, 1.54) is 12.5 Å². The third-order valence-corrected chi connectivity index (χ3v) is 4.69. The van der Waals surface area contributed by atoms with Crippen molar-refractivity contribution >= 4 is 5.91 Å². The molecule has 4 rings (SSSR count). The molecule has 1 amide bonds. The standard InChI is InChI=1S/C17H21N3O4/c21-16(14-3-8-22-11-14)19-7-9-23-13-17(12-19)4-2-15(24-17)10-20-6-1-5-18-20/h1,3,5-6,8,11,15H,2,4,7,9-10,12-13H2/t15-,17-/m1/s1. The van der Waals surface area contributed by atoms with Crippen LogP contribution in [0.1, 0.15) is 23.2 Å². The lowest BCUT2D eigenvalue weighted by Crippen LogP contribution is -2.46. The van der Waals surface area contributed by atoms with Gasteiger partial charge in [-0.25, -0.2) is 0 Å². The van der Waals surface area contributed by atoms with Crippen molar-refractivity contribution in [1.29, 1.82) is 0 Å². The Hall–Kier alpha value is -2.12. The van der Waals surface area contributed by atoms with E-state index in [1.54, 1.807) is 12.3 Å². The Kier molecular flexibility index (Phi) is 4.12. The van der Waals surface area contributed by atoms with Gasteiger partial charge in [0.25, 0.3) is 5.91 Å². The summed E-state index contributed by atoms with van der Waals surface area (Å²) in [5.41, 5.74) is 0.145. The minimum absolute atomic E-state index is 0.0345. The molecule has 24 heavy (non-hydrogen) atoms. The van der Waals surface area contributed by atoms with Gasteiger partial charge in [0, 0.05) is 18.9 Å². The molecule has 0 saturated carbocycles. The summed E-state index contributed by atoms with van der Waals surface area (Å²) in [5.74, 6) is -0.0345. The molecular formula is C17H21N3O4. The number of hydrogen-bond acceptors (Lipinski definition) is 5. The fourth-order valence-corrected chi connectivity index (χ4v) is 3.51. The maximum atomic E-state index is 12.6. The molecule has 4 heterocycles. The SMILES string of the molecule is O=C(c1ccoc1)N1CCOC[C@@]2(CC[C@H](Cn3cccn3)O2)C1. The zero-order valence-electron chi connectivity index (χ0n) is 13.5. The van der Waals surface area contributed by atoms with Crippen molar-refractivity contribution in [2.24, 2.45) is 0 Å². The molecule has 2 aromatic rings. The van der Waals surface area contributed by atoms with Gasteiger partial charge < -0.3 is 18.8 Å². The average Bonchev–Trinajstić information content (AvgIpc) is 3.30. The third-order valence-electron chi connectivity index (χ3n) is 4.69. The van der Waals surface area contributed by atoms with Crippen molar-refractivity contribution in [2.45, 2.75) is 31.1 Å². The fourth-order valence-electron chi connectivity index (χ4n) is 3.51. The first-order valence-corrected chi connectivity index (χ1v) is 8.29. The summed E-state index contributed by atoms with van der Waals surface area (Å²) in [6.45, 7) is 2.90. The normalized spacial score (nSPS) is 27.5. The lowest BCUT2D eigenvalue weighted by Gasteiger charge is -2.31. The van der Waals surface area contributed by atoms with Crippen LogP contribution in [-0.4, -0.2) is 58.6 Å². The summed E-state index contributed by atoms with van der Waals surface area (Å²) in [6.07, 6.45) is 8.63. The Morgan fingerprint density at radius 1 is 1.46 bits per heavy atom. The number of furan rings is 1. The highest BCUT2D eigenvalue weighted by Gasteiger charge is 2.44. The highest BCUT2D eigenvalue weighted by molar-refractivity contribution is 5.93. The topological polar surface area (TPSA) is 69.7 Å². The van der Waals surface area contributed by atoms with Crippen molar-refractivity contribution < 1.29 is 18.7 Å². The average molecular weight is 331 g/mol. The molecule has 0 aliphatic carbocycles. The maximum Gasteiger partial charge on any atom is 0.257 e. The number of aromatic nitrogens is 2. The van der Waals surface area contributed by atoms with Gasteiger partial charge in [0.05, 0.1) is 44.2 Å². The van der Waals surface area contributed by atoms with Crippen LogP contribution in [0.25, 0.3) is 0 Å². The maximum absolute atomic E-state index is 12.6. The number of carbonyl (C=O) groups is 1. The molecule has 0 radical (unpaired) electrons. The van der Waals surface area contributed by atoms with E-state index >= 15 is 0 Å². The van der Waals surface area contributed by atoms with E-state index < -0.39 is 5.60 Å². The minimum Gasteiger partial charge on any atom is -0.472 e. The van der Waals surface area contributed by atoms with E-state index in [2.05, 4.69) is 5.10 Å². The molecule has 2 atom stereocenters. The summed E-state index contributed by atoms with van der Waals surface area (Å²) < 4.78 is 19.0. The van der Waals surface area contributed by atoms with Crippen molar-refractivity contribution in [3.63, 3.8) is 0 Å². The third kappa shape index (κ3) is 3.09. The van der Waals surface area contributed by atoms with Crippen molar-refractivity contribution in [3.8, 4) is 0 Å². The van der Waals surface area contributed by atoms with Crippen LogP contribution in [-0.2, 0) is 16.0 Å². The number of amides is 1. The van der Waals surface area contributed by atoms with Gasteiger partial charge in [-0.05, 0) is 25.0 Å². The van der Waals surface area contributed by atoms with Crippen LogP contribution in [0.4, 0.5) is 0 Å². The van der Waals surface area contributed by atoms with Gasteiger partial charge in [-0.15, -0.1) is 0 Å². The van der Waals surface area contributed by atoms with Gasteiger partial charge in [-0.1, -0.05) is 0 Å². The molecular weight excluding hydrogens is 310 g/mol. The molecule has 2 fully saturated rings. The quantitative estimate of drug-likeness (QED) is 0.854. The van der Waals surface area contributed by atoms with Gasteiger partial charge in [0.15, 0.2) is 0 Å². The molecule has 128 valence electrons. The molecule has 2 saturated heterocycles. The summed E-state index contributed by atoms with van der Waals surface area (Å²) in [5, 5.41) is 4.24. The predicted octanol–water partition coefficient (Wildman–Crippen LogP) is 1.57. The second-order valence-corrected chi connectivity index (χ2v) is 6.48. The van der Waals surface area contributed by atoms with Crippen LogP contribution >= 0.6 is 0 Å². The molecule has 2 aliphatic heterocycles. The summed E-state index contributed by atoms with van der Waals surface area (Å²) >= 11 is 0. The highest BCUT2D eigenvalue weighted by Crippen LogP contribution is 2.34. The Balaban J connectivity index is 1.45. The van der Waals surface area contributed by atoms with Gasteiger partial charge in [-0.3, -0.25) is 9.48 Å². The molecule has 7 nitrogen and oxygen atoms in total. The largest absolute Gasteiger partial charge is 0.472 e. The van der Waals surface area contributed by atoms with Crippen LogP contribution < -0.4 is 0 Å². The molecule has 1 spiro atoms. The first kappa shape index (κ1) is 15.4. The molecule has 0 aromatic carbocycles. The van der Waals surface area contributed by atoms with E-state index in [1.807, 2.05) is 21.8 Å². The van der Waals surface area contributed by atoms with Gasteiger partial charge in [-0.2, -0.15) is 5.10 Å². The second kappa shape index (κ2) is 6.41. The zero-order valence-corrected chi connectivity index (χ0v) is 13.5. The second-order valence-electron chi connectivity index (χ2n) is 6.48. The number of nitrogens with zero attached hydrogens (tertiary/aromatic N) is 3. The Morgan fingerprint density at radius 3 is 3.21 bits per heavy atom. The molecule has 0 unspecified atom stereocenters. The van der Waals surface area contributed by atoms with E-state index in [0.717, 1.165) is 19.4 Å². The van der Waals surface area contributed by atoms with Crippen LogP contribution in [0.3, 0.4) is 0 Å². The monoisotopic (exact) mass is 331 g/mol. The van der Waals surface area contributed by atoms with Crippen molar-refractivity contribution in [2.75, 3.05) is 26.3 Å². The number of carbonyl (C=O) groups excluding carboxylic acids is 1. The molecule has 0 N–H and O–H groups in total. The van der Waals surface area contributed by atoms with E-state index in [0.29, 0.717) is 31.9 Å². The summed E-state index contributed by atoms with van der Waals surface area (Å²) in [6, 6.07) is 3.60. The molecule has 7 heteroatoms. The summed E-state index contributed by atoms with van der Waals surface area (Å²) in [7, 11) is 0. The lowest BCUT2D eigenvalue weighted by atomic mass is 10.00. The number of hydrogen-bond donors (Lipinski definition) is 0. The van der Waals surface area contributed by atoms with Crippen LogP contribution in [0.2, 0.25) is 0 Å². The molecule has 2 aromatic heterocycles. The highest BCUT2D eigenvalue weighted by atomic mass is 16.6. The van der Waals surface area contributed by atoms with Gasteiger partial charge in [0.2, 0.25) is 0 Å². The van der Waals surface area contributed by atoms with E-state index in [9.17, 15) is 4.79 Å². The fraction of sp³-hybridized carbons (Fsp3) is 0.529. The Labute approximate surface area is 140 Å². The van der Waals surface area contributed by atoms with Crippen LogP contribution in [0.15, 0.2) is 41.5 Å². The van der Waals surface area contributed by atoms with Crippen LogP contribution in [0, 0.1) is 0 Å². The minimum atomic E-state index is -0.423. The van der Waals surface area contributed by atoms with Gasteiger partial charge >= 0.3 is 0 Å². The van der Waals surface area contributed by atoms with Gasteiger partial charge in [0.1, 0.15) is 11.9 Å². The van der Waals surface area contributed by atoms with Crippen molar-refractivity contribution in [3.05, 3.63) is 42.6 Å². The molecule has 0 bridgehead atoms. The summed E-state index contributed by atoms with van der Waals surface area (Å²) in [4.78, 5) is 14.4. The Bertz CT molecular complexity index is 670. The van der Waals surface area contributed by atoms with Crippen molar-refractivity contribution in [1.82, 2.24) is 14.7 Å². The van der Waals surface area contributed by atoms with E-state index in [-0.39, 0.29) is 12.0 Å². The number of ether oxygens (including phenoxy) is 2. The first-order valence-electron chi connectivity index (χ1n) is 8.29. The molecule has 2 aliphatic rings. The lowest BCUT2D eigenvalue weighted by molar-refractivity contribution is -0.0881. The first-order chi connectivity index (χ1) is 11.7. The Morgan fingerprint density at radius 2 is 2.42 bits per heavy atom. The van der Waals surface area contributed by atoms with E-state index in [4.69, 9.17) is 13.9 Å².